The van der Waals surface area contributed by atoms with Crippen molar-refractivity contribution in [2.45, 2.75) is 26.9 Å². The highest BCUT2D eigenvalue weighted by Gasteiger charge is 2.19. The summed E-state index contributed by atoms with van der Waals surface area (Å²) in [6, 6.07) is 8.19. The van der Waals surface area contributed by atoms with Crippen LogP contribution in [-0.4, -0.2) is 6.10 Å². The molecule has 1 heterocycles. The number of hydrogen-bond donors (Lipinski definition) is 0. The number of ether oxygens (including phenoxy) is 1. The molecular weight excluding hydrogens is 172 g/mol. The van der Waals surface area contributed by atoms with Gasteiger partial charge >= 0.3 is 0 Å². The molecule has 1 nitrogen and oxygen atoms in total. The zero-order valence-corrected chi connectivity index (χ0v) is 8.95. The first-order valence-corrected chi connectivity index (χ1v) is 5.15. The molecule has 0 bridgehead atoms. The maximum absolute atomic E-state index is 5.84. The maximum Gasteiger partial charge on any atom is 0.127 e. The van der Waals surface area contributed by atoms with Gasteiger partial charge in [0.05, 0.1) is 0 Å². The molecule has 0 aromatic heterocycles. The summed E-state index contributed by atoms with van der Waals surface area (Å²) in [5.74, 6) is 1.56. The molecule has 0 aliphatic carbocycles. The molecule has 1 heteroatoms. The van der Waals surface area contributed by atoms with Crippen molar-refractivity contribution in [3.05, 3.63) is 35.4 Å². The lowest BCUT2D eigenvalue weighted by Gasteiger charge is -2.26. The third-order valence-electron chi connectivity index (χ3n) is 2.68. The minimum atomic E-state index is 0.213. The summed E-state index contributed by atoms with van der Waals surface area (Å²) in [7, 11) is 0. The first-order valence-electron chi connectivity index (χ1n) is 5.15. The van der Waals surface area contributed by atoms with Crippen LogP contribution >= 0.6 is 0 Å². The molecule has 0 saturated carbocycles. The third kappa shape index (κ3) is 1.54. The van der Waals surface area contributed by atoms with Crippen LogP contribution in [0.4, 0.5) is 0 Å². The predicted octanol–water partition coefficient (Wildman–Crippen LogP) is 3.51. The van der Waals surface area contributed by atoms with Gasteiger partial charge in [-0.05, 0) is 30.6 Å². The second-order valence-corrected chi connectivity index (χ2v) is 4.10. The molecule has 1 aliphatic rings. The van der Waals surface area contributed by atoms with Crippen molar-refractivity contribution >= 4 is 6.08 Å². The minimum Gasteiger partial charge on any atom is -0.486 e. The molecule has 14 heavy (non-hydrogen) atoms. The summed E-state index contributed by atoms with van der Waals surface area (Å²) < 4.78 is 5.84. The molecule has 0 unspecified atom stereocenters. The van der Waals surface area contributed by atoms with Crippen molar-refractivity contribution in [2.24, 2.45) is 5.92 Å². The average Bonchev–Trinajstić information content (AvgIpc) is 2.16. The lowest BCUT2D eigenvalue weighted by Crippen LogP contribution is -2.21. The molecule has 1 aromatic rings. The van der Waals surface area contributed by atoms with Crippen LogP contribution in [0.2, 0.25) is 0 Å². The third-order valence-corrected chi connectivity index (χ3v) is 2.68. The zero-order chi connectivity index (χ0) is 10.1. The van der Waals surface area contributed by atoms with Gasteiger partial charge in [-0.15, -0.1) is 0 Å². The van der Waals surface area contributed by atoms with Gasteiger partial charge in [-0.1, -0.05) is 32.0 Å². The largest absolute Gasteiger partial charge is 0.486 e. The lowest BCUT2D eigenvalue weighted by molar-refractivity contribution is 0.241. The summed E-state index contributed by atoms with van der Waals surface area (Å²) in [4.78, 5) is 0. The first kappa shape index (κ1) is 9.32. The fraction of sp³-hybridized carbons (Fsp3) is 0.385. The van der Waals surface area contributed by atoms with E-state index in [1.165, 1.54) is 11.1 Å². The normalized spacial score (nSPS) is 20.0. The Bertz CT molecular complexity index is 363. The van der Waals surface area contributed by atoms with Gasteiger partial charge in [-0.2, -0.15) is 0 Å². The summed E-state index contributed by atoms with van der Waals surface area (Å²) in [5.41, 5.74) is 2.58. The first-order chi connectivity index (χ1) is 6.68. The van der Waals surface area contributed by atoms with Gasteiger partial charge in [-0.25, -0.2) is 0 Å². The van der Waals surface area contributed by atoms with E-state index >= 15 is 0 Å². The second-order valence-electron chi connectivity index (χ2n) is 4.10. The van der Waals surface area contributed by atoms with E-state index in [0.29, 0.717) is 5.92 Å². The van der Waals surface area contributed by atoms with Crippen LogP contribution in [-0.2, 0) is 0 Å². The Labute approximate surface area is 85.4 Å². The van der Waals surface area contributed by atoms with Crippen molar-refractivity contribution in [3.8, 4) is 5.75 Å². The van der Waals surface area contributed by atoms with Crippen LogP contribution in [0.1, 0.15) is 26.3 Å². The standard InChI is InChI=1S/C13H16O/c1-9(2)12-8-11-6-4-5-7-13(11)14-10(12)3/h4-10H,1-3H3/t10-/m0/s1. The molecule has 0 amide bonds. The van der Waals surface area contributed by atoms with E-state index in [-0.39, 0.29) is 6.10 Å². The Morgan fingerprint density at radius 1 is 1.21 bits per heavy atom. The van der Waals surface area contributed by atoms with Crippen LogP contribution in [0.5, 0.6) is 5.75 Å². The topological polar surface area (TPSA) is 9.23 Å². The molecule has 0 saturated heterocycles. The highest BCUT2D eigenvalue weighted by Crippen LogP contribution is 2.32. The van der Waals surface area contributed by atoms with Gasteiger partial charge in [-0.3, -0.25) is 0 Å². The minimum absolute atomic E-state index is 0.213. The van der Waals surface area contributed by atoms with Gasteiger partial charge in [0.15, 0.2) is 0 Å². The maximum atomic E-state index is 5.84. The van der Waals surface area contributed by atoms with Crippen LogP contribution in [0.25, 0.3) is 6.08 Å². The van der Waals surface area contributed by atoms with Crippen molar-refractivity contribution in [3.63, 3.8) is 0 Å². The molecule has 1 atom stereocenters. The summed E-state index contributed by atoms with van der Waals surface area (Å²) >= 11 is 0. The quantitative estimate of drug-likeness (QED) is 0.655. The van der Waals surface area contributed by atoms with Crippen molar-refractivity contribution in [1.82, 2.24) is 0 Å². The molecule has 74 valence electrons. The van der Waals surface area contributed by atoms with E-state index in [0.717, 1.165) is 5.75 Å². The van der Waals surface area contributed by atoms with Crippen LogP contribution < -0.4 is 4.74 Å². The molecule has 0 radical (unpaired) electrons. The Morgan fingerprint density at radius 3 is 2.64 bits per heavy atom. The molecular formula is C13H16O. The highest BCUT2D eigenvalue weighted by atomic mass is 16.5. The number of benzene rings is 1. The van der Waals surface area contributed by atoms with E-state index in [1.54, 1.807) is 0 Å². The van der Waals surface area contributed by atoms with E-state index in [2.05, 4.69) is 32.9 Å². The predicted molar refractivity (Wildman–Crippen MR) is 59.3 cm³/mol. The number of hydrogen-bond acceptors (Lipinski definition) is 1. The van der Waals surface area contributed by atoms with Crippen molar-refractivity contribution < 1.29 is 4.74 Å². The van der Waals surface area contributed by atoms with Crippen LogP contribution in [0, 0.1) is 5.92 Å². The van der Waals surface area contributed by atoms with Gasteiger partial charge in [0.2, 0.25) is 0 Å². The van der Waals surface area contributed by atoms with Gasteiger partial charge in [0.1, 0.15) is 11.9 Å². The fourth-order valence-corrected chi connectivity index (χ4v) is 1.90. The number of rotatable bonds is 1. The number of fused-ring (bicyclic) bond motifs is 1. The summed E-state index contributed by atoms with van der Waals surface area (Å²) in [5, 5.41) is 0. The van der Waals surface area contributed by atoms with Crippen molar-refractivity contribution in [1.29, 1.82) is 0 Å². The Hall–Kier alpha value is -1.24. The van der Waals surface area contributed by atoms with E-state index in [9.17, 15) is 0 Å². The highest BCUT2D eigenvalue weighted by molar-refractivity contribution is 5.63. The van der Waals surface area contributed by atoms with Gasteiger partial charge in [0.25, 0.3) is 0 Å². The lowest BCUT2D eigenvalue weighted by atomic mass is 9.94. The monoisotopic (exact) mass is 188 g/mol. The van der Waals surface area contributed by atoms with E-state index in [1.807, 2.05) is 18.2 Å². The Morgan fingerprint density at radius 2 is 1.93 bits per heavy atom. The molecule has 0 spiro atoms. The van der Waals surface area contributed by atoms with Crippen molar-refractivity contribution in [2.75, 3.05) is 0 Å². The number of para-hydroxylation sites is 1. The molecule has 0 fully saturated rings. The SMILES string of the molecule is CC(C)C1=Cc2ccccc2O[C@H]1C. The van der Waals surface area contributed by atoms with E-state index in [4.69, 9.17) is 4.74 Å². The average molecular weight is 188 g/mol. The molecule has 1 aliphatic heterocycles. The summed E-state index contributed by atoms with van der Waals surface area (Å²) in [6.07, 6.45) is 2.47. The van der Waals surface area contributed by atoms with Crippen LogP contribution in [0.15, 0.2) is 29.8 Å². The zero-order valence-electron chi connectivity index (χ0n) is 8.95. The van der Waals surface area contributed by atoms with Crippen LogP contribution in [0.3, 0.4) is 0 Å². The van der Waals surface area contributed by atoms with Gasteiger partial charge in [0, 0.05) is 5.56 Å². The Kier molecular flexibility index (Phi) is 2.32. The fourth-order valence-electron chi connectivity index (χ4n) is 1.90. The molecule has 2 rings (SSSR count). The molecule has 1 aromatic carbocycles. The second kappa shape index (κ2) is 3.49. The van der Waals surface area contributed by atoms with E-state index < -0.39 is 0 Å². The van der Waals surface area contributed by atoms with Gasteiger partial charge < -0.3 is 4.74 Å². The molecule has 0 N–H and O–H groups in total. The Balaban J connectivity index is 2.44. The summed E-state index contributed by atoms with van der Waals surface area (Å²) in [6.45, 7) is 6.53. The smallest absolute Gasteiger partial charge is 0.127 e.